The van der Waals surface area contributed by atoms with Crippen molar-refractivity contribution in [3.05, 3.63) is 66.1 Å². The SMILES string of the molecule is COc1ccccc1C1(C(=O)NCc2cccnc2-c2cnn(C)c2)CC1. The quantitative estimate of drug-likeness (QED) is 0.732. The molecule has 1 amide bonds. The molecule has 2 aromatic heterocycles. The van der Waals surface area contributed by atoms with E-state index in [1.807, 2.05) is 49.6 Å². The van der Waals surface area contributed by atoms with E-state index in [0.717, 1.165) is 41.0 Å². The Bertz CT molecular complexity index is 976. The van der Waals surface area contributed by atoms with Crippen LogP contribution in [0, 0.1) is 0 Å². The maximum atomic E-state index is 13.0. The first-order valence-corrected chi connectivity index (χ1v) is 8.99. The monoisotopic (exact) mass is 362 g/mol. The zero-order valence-electron chi connectivity index (χ0n) is 15.5. The lowest BCUT2D eigenvalue weighted by atomic mass is 9.93. The molecule has 6 heteroatoms. The number of hydrogen-bond acceptors (Lipinski definition) is 4. The molecule has 1 aliphatic carbocycles. The highest BCUT2D eigenvalue weighted by Crippen LogP contribution is 2.51. The molecule has 1 aliphatic rings. The summed E-state index contributed by atoms with van der Waals surface area (Å²) in [4.78, 5) is 17.5. The molecule has 0 spiro atoms. The van der Waals surface area contributed by atoms with Crippen molar-refractivity contribution in [3.63, 3.8) is 0 Å². The largest absolute Gasteiger partial charge is 0.496 e. The number of amides is 1. The average Bonchev–Trinajstić information content (AvgIpc) is 3.41. The number of carbonyl (C=O) groups is 1. The van der Waals surface area contributed by atoms with Crippen LogP contribution in [-0.4, -0.2) is 27.8 Å². The Balaban J connectivity index is 1.54. The van der Waals surface area contributed by atoms with E-state index in [2.05, 4.69) is 15.4 Å². The fourth-order valence-electron chi connectivity index (χ4n) is 3.51. The molecule has 3 aromatic rings. The molecule has 1 N–H and O–H groups in total. The van der Waals surface area contributed by atoms with Crippen molar-refractivity contribution in [3.8, 4) is 17.0 Å². The summed E-state index contributed by atoms with van der Waals surface area (Å²) in [7, 11) is 3.51. The molecule has 27 heavy (non-hydrogen) atoms. The smallest absolute Gasteiger partial charge is 0.231 e. The minimum absolute atomic E-state index is 0.0352. The molecular weight excluding hydrogens is 340 g/mol. The highest BCUT2D eigenvalue weighted by molar-refractivity contribution is 5.92. The number of benzene rings is 1. The number of nitrogens with zero attached hydrogens (tertiary/aromatic N) is 3. The van der Waals surface area contributed by atoms with E-state index in [0.29, 0.717) is 6.54 Å². The summed E-state index contributed by atoms with van der Waals surface area (Å²) in [6.07, 6.45) is 7.13. The molecular formula is C21H22N4O2. The van der Waals surface area contributed by atoms with Crippen molar-refractivity contribution >= 4 is 5.91 Å². The van der Waals surface area contributed by atoms with E-state index >= 15 is 0 Å². The molecule has 0 radical (unpaired) electrons. The van der Waals surface area contributed by atoms with Gasteiger partial charge in [0.25, 0.3) is 0 Å². The van der Waals surface area contributed by atoms with Gasteiger partial charge in [-0.15, -0.1) is 0 Å². The maximum Gasteiger partial charge on any atom is 0.231 e. The lowest BCUT2D eigenvalue weighted by molar-refractivity contribution is -0.123. The van der Waals surface area contributed by atoms with Gasteiger partial charge in [-0.2, -0.15) is 5.10 Å². The summed E-state index contributed by atoms with van der Waals surface area (Å²) in [6, 6.07) is 11.6. The predicted molar refractivity (Wildman–Crippen MR) is 102 cm³/mol. The standard InChI is InChI=1S/C21H22N4O2/c1-25-14-16(13-24-25)19-15(6-5-11-22-19)12-23-20(26)21(9-10-21)17-7-3-4-8-18(17)27-2/h3-8,11,13-14H,9-10,12H2,1-2H3,(H,23,26). The van der Waals surface area contributed by atoms with Gasteiger partial charge in [-0.3, -0.25) is 14.5 Å². The van der Waals surface area contributed by atoms with E-state index in [9.17, 15) is 4.79 Å². The summed E-state index contributed by atoms with van der Waals surface area (Å²) < 4.78 is 7.21. The van der Waals surface area contributed by atoms with E-state index in [1.54, 1.807) is 24.2 Å². The molecule has 1 aromatic carbocycles. The van der Waals surface area contributed by atoms with Crippen LogP contribution in [0.5, 0.6) is 5.75 Å². The van der Waals surface area contributed by atoms with Crippen LogP contribution in [0.2, 0.25) is 0 Å². The molecule has 0 atom stereocenters. The second-order valence-electron chi connectivity index (χ2n) is 6.88. The van der Waals surface area contributed by atoms with Gasteiger partial charge in [0.1, 0.15) is 5.75 Å². The highest BCUT2D eigenvalue weighted by Gasteiger charge is 2.52. The molecule has 4 rings (SSSR count). The van der Waals surface area contributed by atoms with Crippen LogP contribution in [0.15, 0.2) is 55.0 Å². The Morgan fingerprint density at radius 3 is 2.78 bits per heavy atom. The number of aromatic nitrogens is 3. The Kier molecular flexibility index (Phi) is 4.39. The van der Waals surface area contributed by atoms with Gasteiger partial charge in [-0.25, -0.2) is 0 Å². The van der Waals surface area contributed by atoms with E-state index < -0.39 is 5.41 Å². The minimum atomic E-state index is -0.483. The van der Waals surface area contributed by atoms with Crippen LogP contribution in [0.25, 0.3) is 11.3 Å². The molecule has 0 bridgehead atoms. The number of carbonyl (C=O) groups excluding carboxylic acids is 1. The summed E-state index contributed by atoms with van der Waals surface area (Å²) in [6.45, 7) is 0.424. The number of hydrogen-bond donors (Lipinski definition) is 1. The lowest BCUT2D eigenvalue weighted by Gasteiger charge is -2.19. The van der Waals surface area contributed by atoms with Crippen molar-refractivity contribution in [2.45, 2.75) is 24.8 Å². The number of para-hydroxylation sites is 1. The van der Waals surface area contributed by atoms with Crippen LogP contribution in [0.3, 0.4) is 0 Å². The van der Waals surface area contributed by atoms with Crippen molar-refractivity contribution in [1.82, 2.24) is 20.1 Å². The molecule has 6 nitrogen and oxygen atoms in total. The van der Waals surface area contributed by atoms with Crippen LogP contribution >= 0.6 is 0 Å². The molecule has 0 aliphatic heterocycles. The van der Waals surface area contributed by atoms with Crippen LogP contribution in [-0.2, 0) is 23.8 Å². The van der Waals surface area contributed by atoms with Gasteiger partial charge in [0.05, 0.1) is 24.4 Å². The third kappa shape index (κ3) is 3.18. The molecule has 1 fully saturated rings. The summed E-state index contributed by atoms with van der Waals surface area (Å²) in [5.74, 6) is 0.801. The minimum Gasteiger partial charge on any atom is -0.496 e. The molecule has 2 heterocycles. The Hall–Kier alpha value is -3.15. The highest BCUT2D eigenvalue weighted by atomic mass is 16.5. The lowest BCUT2D eigenvalue weighted by Crippen LogP contribution is -2.34. The van der Waals surface area contributed by atoms with E-state index in [1.165, 1.54) is 0 Å². The first kappa shape index (κ1) is 17.3. The second-order valence-corrected chi connectivity index (χ2v) is 6.88. The first-order chi connectivity index (χ1) is 13.1. The normalized spacial score (nSPS) is 14.6. The summed E-state index contributed by atoms with van der Waals surface area (Å²) in [5.41, 5.74) is 3.23. The average molecular weight is 362 g/mol. The summed E-state index contributed by atoms with van der Waals surface area (Å²) in [5, 5.41) is 7.32. The third-order valence-electron chi connectivity index (χ3n) is 5.12. The second kappa shape index (κ2) is 6.87. The van der Waals surface area contributed by atoms with Gasteiger partial charge in [0, 0.05) is 37.1 Å². The molecule has 0 saturated heterocycles. The van der Waals surface area contributed by atoms with Crippen LogP contribution in [0.1, 0.15) is 24.0 Å². The van der Waals surface area contributed by atoms with Crippen molar-refractivity contribution < 1.29 is 9.53 Å². The Morgan fingerprint density at radius 1 is 1.26 bits per heavy atom. The van der Waals surface area contributed by atoms with Gasteiger partial charge in [0.15, 0.2) is 0 Å². The van der Waals surface area contributed by atoms with Gasteiger partial charge in [-0.05, 0) is 30.5 Å². The Labute approximate surface area is 158 Å². The molecule has 1 saturated carbocycles. The molecule has 138 valence electrons. The number of pyridine rings is 1. The van der Waals surface area contributed by atoms with Gasteiger partial charge in [0.2, 0.25) is 5.91 Å². The summed E-state index contributed by atoms with van der Waals surface area (Å²) >= 11 is 0. The van der Waals surface area contributed by atoms with Gasteiger partial charge < -0.3 is 10.1 Å². The third-order valence-corrected chi connectivity index (χ3v) is 5.12. The van der Waals surface area contributed by atoms with Gasteiger partial charge >= 0.3 is 0 Å². The van der Waals surface area contributed by atoms with E-state index in [4.69, 9.17) is 4.74 Å². The Morgan fingerprint density at radius 2 is 2.07 bits per heavy atom. The fraction of sp³-hybridized carbons (Fsp3) is 0.286. The predicted octanol–water partition coefficient (Wildman–Crippen LogP) is 2.84. The molecule has 0 unspecified atom stereocenters. The number of aryl methyl sites for hydroxylation is 1. The van der Waals surface area contributed by atoms with E-state index in [-0.39, 0.29) is 5.91 Å². The van der Waals surface area contributed by atoms with Crippen molar-refractivity contribution in [1.29, 1.82) is 0 Å². The zero-order valence-corrected chi connectivity index (χ0v) is 15.5. The van der Waals surface area contributed by atoms with Crippen molar-refractivity contribution in [2.24, 2.45) is 7.05 Å². The van der Waals surface area contributed by atoms with Crippen LogP contribution < -0.4 is 10.1 Å². The maximum absolute atomic E-state index is 13.0. The first-order valence-electron chi connectivity index (χ1n) is 8.99. The number of ether oxygens (including phenoxy) is 1. The number of nitrogens with one attached hydrogen (secondary N) is 1. The fourth-order valence-corrected chi connectivity index (χ4v) is 3.51. The topological polar surface area (TPSA) is 69.0 Å². The van der Waals surface area contributed by atoms with Crippen molar-refractivity contribution in [2.75, 3.05) is 7.11 Å². The zero-order chi connectivity index (χ0) is 18.9. The van der Waals surface area contributed by atoms with Crippen LogP contribution in [0.4, 0.5) is 0 Å². The van der Waals surface area contributed by atoms with Gasteiger partial charge in [-0.1, -0.05) is 24.3 Å². The number of rotatable bonds is 6. The number of methoxy groups -OCH3 is 1.